The summed E-state index contributed by atoms with van der Waals surface area (Å²) >= 11 is 3.35. The van der Waals surface area contributed by atoms with E-state index in [1.54, 1.807) is 25.3 Å². The summed E-state index contributed by atoms with van der Waals surface area (Å²) in [4.78, 5) is 14.9. The molecule has 0 atom stereocenters. The number of benzene rings is 1. The smallest absolute Gasteiger partial charge is 0.337 e. The minimum atomic E-state index is -0.996. The Hall–Kier alpha value is -1.62. The molecule has 0 aliphatic carbocycles. The largest absolute Gasteiger partial charge is 0.494 e. The van der Waals surface area contributed by atoms with Crippen LogP contribution in [0.4, 0.5) is 0 Å². The predicted octanol–water partition coefficient (Wildman–Crippen LogP) is 2.70. The molecule has 0 radical (unpaired) electrons. The summed E-state index contributed by atoms with van der Waals surface area (Å²) in [6, 6.07) is 5.14. The van der Waals surface area contributed by atoms with Crippen LogP contribution in [0.2, 0.25) is 0 Å². The minimum absolute atomic E-state index is 0.154. The van der Waals surface area contributed by atoms with Gasteiger partial charge in [-0.15, -0.1) is 0 Å². The lowest BCUT2D eigenvalue weighted by Gasteiger charge is -2.06. The van der Waals surface area contributed by atoms with Gasteiger partial charge in [-0.3, -0.25) is 4.98 Å². The molecule has 0 saturated carbocycles. The molecule has 4 nitrogen and oxygen atoms in total. The summed E-state index contributed by atoms with van der Waals surface area (Å²) in [5, 5.41) is 9.60. The summed E-state index contributed by atoms with van der Waals surface area (Å²) in [6.07, 6.45) is 1.32. The van der Waals surface area contributed by atoms with Gasteiger partial charge in [0.2, 0.25) is 0 Å². The number of aromatic nitrogens is 1. The standard InChI is InChI=1S/C11H8BrNO3/c1-16-9-3-2-8(12)7-4-6(11(14)15)5-13-10(7)9/h2-5H,1H3,(H,14,15). The molecule has 16 heavy (non-hydrogen) atoms. The summed E-state index contributed by atoms with van der Waals surface area (Å²) in [6.45, 7) is 0. The molecule has 1 aromatic heterocycles. The Balaban J connectivity index is 2.77. The van der Waals surface area contributed by atoms with Crippen LogP contribution in [0.3, 0.4) is 0 Å². The monoisotopic (exact) mass is 281 g/mol. The fourth-order valence-electron chi connectivity index (χ4n) is 1.44. The third-order valence-corrected chi connectivity index (χ3v) is 2.92. The van der Waals surface area contributed by atoms with Gasteiger partial charge < -0.3 is 9.84 Å². The zero-order chi connectivity index (χ0) is 11.7. The maximum absolute atomic E-state index is 10.8. The number of rotatable bonds is 2. The Morgan fingerprint density at radius 1 is 1.50 bits per heavy atom. The average molecular weight is 282 g/mol. The fourth-order valence-corrected chi connectivity index (χ4v) is 1.88. The van der Waals surface area contributed by atoms with E-state index < -0.39 is 5.97 Å². The van der Waals surface area contributed by atoms with Gasteiger partial charge in [-0.25, -0.2) is 4.79 Å². The van der Waals surface area contributed by atoms with Gasteiger partial charge in [-0.1, -0.05) is 15.9 Å². The highest BCUT2D eigenvalue weighted by Gasteiger charge is 2.10. The number of carboxylic acids is 1. The summed E-state index contributed by atoms with van der Waals surface area (Å²) in [7, 11) is 1.55. The van der Waals surface area contributed by atoms with Crippen molar-refractivity contribution in [2.24, 2.45) is 0 Å². The van der Waals surface area contributed by atoms with Crippen LogP contribution in [0.1, 0.15) is 10.4 Å². The lowest BCUT2D eigenvalue weighted by atomic mass is 10.1. The fraction of sp³-hybridized carbons (Fsp3) is 0.0909. The van der Waals surface area contributed by atoms with E-state index in [4.69, 9.17) is 9.84 Å². The molecule has 2 aromatic rings. The number of carboxylic acid groups (broad SMARTS) is 1. The van der Waals surface area contributed by atoms with Gasteiger partial charge >= 0.3 is 5.97 Å². The normalized spacial score (nSPS) is 10.4. The molecule has 2 rings (SSSR count). The molecule has 0 unspecified atom stereocenters. The van der Waals surface area contributed by atoms with Crippen molar-refractivity contribution in [1.29, 1.82) is 0 Å². The van der Waals surface area contributed by atoms with E-state index in [1.807, 2.05) is 0 Å². The van der Waals surface area contributed by atoms with Crippen LogP contribution in [0.5, 0.6) is 5.75 Å². The lowest BCUT2D eigenvalue weighted by Crippen LogP contribution is -1.98. The SMILES string of the molecule is COc1ccc(Br)c2cc(C(=O)O)cnc12. The predicted molar refractivity (Wildman–Crippen MR) is 63.0 cm³/mol. The molecule has 0 aliphatic heterocycles. The topological polar surface area (TPSA) is 59.4 Å². The lowest BCUT2D eigenvalue weighted by molar-refractivity contribution is 0.0696. The van der Waals surface area contributed by atoms with E-state index in [-0.39, 0.29) is 5.56 Å². The second-order valence-corrected chi connectivity index (χ2v) is 4.03. The van der Waals surface area contributed by atoms with Crippen LogP contribution in [-0.4, -0.2) is 23.2 Å². The van der Waals surface area contributed by atoms with Crippen molar-refractivity contribution in [1.82, 2.24) is 4.98 Å². The molecule has 1 aromatic carbocycles. The van der Waals surface area contributed by atoms with E-state index in [1.165, 1.54) is 6.20 Å². The van der Waals surface area contributed by atoms with E-state index in [2.05, 4.69) is 20.9 Å². The number of hydrogen-bond donors (Lipinski definition) is 1. The second kappa shape index (κ2) is 4.09. The zero-order valence-corrected chi connectivity index (χ0v) is 9.98. The van der Waals surface area contributed by atoms with E-state index in [0.29, 0.717) is 11.3 Å². The van der Waals surface area contributed by atoms with Crippen molar-refractivity contribution in [3.8, 4) is 5.75 Å². The third kappa shape index (κ3) is 1.74. The molecular formula is C11H8BrNO3. The molecule has 0 amide bonds. The number of nitrogens with zero attached hydrogens (tertiary/aromatic N) is 1. The van der Waals surface area contributed by atoms with Crippen molar-refractivity contribution in [2.45, 2.75) is 0 Å². The van der Waals surface area contributed by atoms with Crippen molar-refractivity contribution >= 4 is 32.8 Å². The van der Waals surface area contributed by atoms with Gasteiger partial charge in [0.1, 0.15) is 11.3 Å². The first kappa shape index (κ1) is 10.9. The summed E-state index contributed by atoms with van der Waals surface area (Å²) in [5.41, 5.74) is 0.795. The Morgan fingerprint density at radius 2 is 2.25 bits per heavy atom. The Labute approximate surface area is 100.0 Å². The first-order chi connectivity index (χ1) is 7.63. The first-order valence-corrected chi connectivity index (χ1v) is 5.28. The second-order valence-electron chi connectivity index (χ2n) is 3.17. The van der Waals surface area contributed by atoms with Crippen LogP contribution in [-0.2, 0) is 0 Å². The van der Waals surface area contributed by atoms with Crippen LogP contribution in [0, 0.1) is 0 Å². The number of fused-ring (bicyclic) bond motifs is 1. The number of methoxy groups -OCH3 is 1. The highest BCUT2D eigenvalue weighted by molar-refractivity contribution is 9.10. The Bertz CT molecular complexity index is 568. The molecule has 82 valence electrons. The van der Waals surface area contributed by atoms with Crippen molar-refractivity contribution < 1.29 is 14.6 Å². The summed E-state index contributed by atoms with van der Waals surface area (Å²) in [5.74, 6) is -0.376. The molecule has 0 saturated heterocycles. The van der Waals surface area contributed by atoms with Crippen LogP contribution >= 0.6 is 15.9 Å². The molecule has 1 heterocycles. The minimum Gasteiger partial charge on any atom is -0.494 e. The molecule has 0 fully saturated rings. The number of halogens is 1. The molecule has 0 bridgehead atoms. The number of aromatic carboxylic acids is 1. The highest BCUT2D eigenvalue weighted by Crippen LogP contribution is 2.30. The first-order valence-electron chi connectivity index (χ1n) is 4.49. The Kier molecular flexibility index (Phi) is 2.78. The van der Waals surface area contributed by atoms with Crippen LogP contribution in [0.15, 0.2) is 28.9 Å². The number of ether oxygens (including phenoxy) is 1. The zero-order valence-electron chi connectivity index (χ0n) is 8.40. The number of carbonyl (C=O) groups is 1. The maximum Gasteiger partial charge on any atom is 0.337 e. The van der Waals surface area contributed by atoms with E-state index in [9.17, 15) is 4.79 Å². The van der Waals surface area contributed by atoms with Gasteiger partial charge in [-0.05, 0) is 18.2 Å². The van der Waals surface area contributed by atoms with E-state index >= 15 is 0 Å². The van der Waals surface area contributed by atoms with E-state index in [0.717, 1.165) is 9.86 Å². The quantitative estimate of drug-likeness (QED) is 0.920. The number of hydrogen-bond acceptors (Lipinski definition) is 3. The van der Waals surface area contributed by atoms with Gasteiger partial charge in [0, 0.05) is 16.1 Å². The Morgan fingerprint density at radius 3 is 2.88 bits per heavy atom. The van der Waals surface area contributed by atoms with Crippen molar-refractivity contribution in [3.05, 3.63) is 34.4 Å². The van der Waals surface area contributed by atoms with Gasteiger partial charge in [0.05, 0.1) is 12.7 Å². The maximum atomic E-state index is 10.8. The molecule has 0 aliphatic rings. The van der Waals surface area contributed by atoms with Crippen molar-refractivity contribution in [2.75, 3.05) is 7.11 Å². The van der Waals surface area contributed by atoms with Crippen LogP contribution < -0.4 is 4.74 Å². The van der Waals surface area contributed by atoms with Gasteiger partial charge in [-0.2, -0.15) is 0 Å². The molecule has 5 heteroatoms. The number of pyridine rings is 1. The highest BCUT2D eigenvalue weighted by atomic mass is 79.9. The summed E-state index contributed by atoms with van der Waals surface area (Å²) < 4.78 is 5.94. The third-order valence-electron chi connectivity index (χ3n) is 2.23. The molecule has 1 N–H and O–H groups in total. The average Bonchev–Trinajstić information content (AvgIpc) is 2.29. The molecular weight excluding hydrogens is 274 g/mol. The van der Waals surface area contributed by atoms with Gasteiger partial charge in [0.25, 0.3) is 0 Å². The molecule has 0 spiro atoms. The van der Waals surface area contributed by atoms with Crippen molar-refractivity contribution in [3.63, 3.8) is 0 Å². The van der Waals surface area contributed by atoms with Gasteiger partial charge in [0.15, 0.2) is 0 Å². The van der Waals surface area contributed by atoms with Crippen LogP contribution in [0.25, 0.3) is 10.9 Å².